The van der Waals surface area contributed by atoms with E-state index in [1.165, 1.54) is 12.1 Å². The monoisotopic (exact) mass is 315 g/mol. The Hall–Kier alpha value is -1.31. The van der Waals surface area contributed by atoms with E-state index in [9.17, 15) is 8.42 Å². The smallest absolute Gasteiger partial charge is 0.240 e. The van der Waals surface area contributed by atoms with Gasteiger partial charge in [0.1, 0.15) is 0 Å². The summed E-state index contributed by atoms with van der Waals surface area (Å²) in [5.41, 5.74) is 6.62. The summed E-state index contributed by atoms with van der Waals surface area (Å²) in [6, 6.07) is 4.58. The molecule has 6 nitrogen and oxygen atoms in total. The Morgan fingerprint density at radius 1 is 1.33 bits per heavy atom. The average molecular weight is 315 g/mol. The molecule has 1 aromatic carbocycles. The highest BCUT2D eigenvalue weighted by molar-refractivity contribution is 7.89. The molecule has 7 heteroatoms. The number of nitrogen functional groups attached to an aromatic ring is 1. The summed E-state index contributed by atoms with van der Waals surface area (Å²) in [5, 5.41) is 12.4. The van der Waals surface area contributed by atoms with Crippen LogP contribution in [0.15, 0.2) is 23.1 Å². The molecule has 1 rings (SSSR count). The molecule has 0 aliphatic carbocycles. The normalized spacial score (nSPS) is 14.7. The first-order chi connectivity index (χ1) is 9.78. The third-order valence-electron chi connectivity index (χ3n) is 3.55. The Labute approximate surface area is 126 Å². The molecule has 0 aromatic heterocycles. The average Bonchev–Trinajstić information content (AvgIpc) is 2.41. The fraction of sp³-hybridized carbons (Fsp3) is 0.571. The van der Waals surface area contributed by atoms with Crippen LogP contribution in [0.4, 0.5) is 11.4 Å². The van der Waals surface area contributed by atoms with E-state index in [4.69, 9.17) is 10.8 Å². The van der Waals surface area contributed by atoms with Crippen LogP contribution in [0.2, 0.25) is 0 Å². The van der Waals surface area contributed by atoms with Gasteiger partial charge in [-0.05, 0) is 38.0 Å². The van der Waals surface area contributed by atoms with Crippen molar-refractivity contribution in [3.63, 3.8) is 0 Å². The highest BCUT2D eigenvalue weighted by atomic mass is 32.2. The first-order valence-corrected chi connectivity index (χ1v) is 8.54. The number of aliphatic hydroxyl groups excluding tert-OH is 1. The number of nitrogens with one attached hydrogen (secondary N) is 2. The van der Waals surface area contributed by atoms with Crippen molar-refractivity contribution in [2.45, 2.75) is 44.0 Å². The number of anilines is 2. The summed E-state index contributed by atoms with van der Waals surface area (Å²) in [7, 11) is -3.52. The van der Waals surface area contributed by atoms with Crippen molar-refractivity contribution in [2.24, 2.45) is 0 Å². The van der Waals surface area contributed by atoms with E-state index in [0.29, 0.717) is 24.3 Å². The van der Waals surface area contributed by atoms with E-state index in [-0.39, 0.29) is 17.0 Å². The second kappa shape index (κ2) is 7.11. The maximum Gasteiger partial charge on any atom is 0.240 e. The summed E-state index contributed by atoms with van der Waals surface area (Å²) in [6.07, 6.45) is 1.32. The highest BCUT2D eigenvalue weighted by Gasteiger charge is 2.23. The van der Waals surface area contributed by atoms with E-state index in [1.807, 2.05) is 13.8 Å². The molecule has 1 aromatic rings. The second-order valence-electron chi connectivity index (χ2n) is 5.26. The Morgan fingerprint density at radius 3 is 2.52 bits per heavy atom. The number of nitrogens with two attached hydrogens (primary N) is 1. The lowest BCUT2D eigenvalue weighted by Crippen LogP contribution is -2.35. The lowest BCUT2D eigenvalue weighted by molar-refractivity contribution is 0.252. The van der Waals surface area contributed by atoms with E-state index < -0.39 is 10.0 Å². The van der Waals surface area contributed by atoms with Gasteiger partial charge >= 0.3 is 0 Å². The molecule has 120 valence electrons. The molecule has 0 fully saturated rings. The first-order valence-electron chi connectivity index (χ1n) is 7.06. The van der Waals surface area contributed by atoms with Crippen LogP contribution < -0.4 is 15.8 Å². The molecule has 0 amide bonds. The van der Waals surface area contributed by atoms with Gasteiger partial charge in [-0.2, -0.15) is 0 Å². The SMILES string of the molecule is CCNS(=O)(=O)c1ccc(N)c(NC(C)(CC)CCO)c1. The standard InChI is InChI=1S/C14H25N3O3S/c1-4-14(3,8-9-18)17-13-10-11(6-7-12(13)15)21(19,20)16-5-2/h6-7,10,16-18H,4-5,8-9,15H2,1-3H3. The first kappa shape index (κ1) is 17.7. The number of aliphatic hydroxyl groups is 1. The Morgan fingerprint density at radius 2 is 2.00 bits per heavy atom. The summed E-state index contributed by atoms with van der Waals surface area (Å²) >= 11 is 0. The van der Waals surface area contributed by atoms with Crippen molar-refractivity contribution >= 4 is 21.4 Å². The van der Waals surface area contributed by atoms with Gasteiger partial charge in [-0.1, -0.05) is 13.8 Å². The van der Waals surface area contributed by atoms with Crippen molar-refractivity contribution in [3.8, 4) is 0 Å². The fourth-order valence-electron chi connectivity index (χ4n) is 1.98. The molecule has 0 heterocycles. The lowest BCUT2D eigenvalue weighted by Gasteiger charge is -2.31. The summed E-state index contributed by atoms with van der Waals surface area (Å²) in [5.74, 6) is 0. The molecule has 0 radical (unpaired) electrons. The van der Waals surface area contributed by atoms with Crippen LogP contribution in [0, 0.1) is 0 Å². The summed E-state index contributed by atoms with van der Waals surface area (Å²) in [4.78, 5) is 0.170. The molecule has 0 aliphatic heterocycles. The molecule has 5 N–H and O–H groups in total. The summed E-state index contributed by atoms with van der Waals surface area (Å²) < 4.78 is 26.5. The number of hydrogen-bond acceptors (Lipinski definition) is 5. The van der Waals surface area contributed by atoms with Crippen LogP contribution in [0.3, 0.4) is 0 Å². The van der Waals surface area contributed by atoms with Crippen molar-refractivity contribution in [3.05, 3.63) is 18.2 Å². The Bertz CT molecular complexity index is 575. The van der Waals surface area contributed by atoms with E-state index in [2.05, 4.69) is 10.0 Å². The predicted molar refractivity (Wildman–Crippen MR) is 85.7 cm³/mol. The van der Waals surface area contributed by atoms with Crippen LogP contribution in [0.1, 0.15) is 33.6 Å². The quantitative estimate of drug-likeness (QED) is 0.545. The minimum atomic E-state index is -3.52. The van der Waals surface area contributed by atoms with Gasteiger partial charge in [-0.15, -0.1) is 0 Å². The predicted octanol–water partition coefficient (Wildman–Crippen LogP) is 1.53. The molecule has 1 atom stereocenters. The molecule has 0 bridgehead atoms. The van der Waals surface area contributed by atoms with E-state index in [1.54, 1.807) is 13.0 Å². The number of hydrogen-bond donors (Lipinski definition) is 4. The van der Waals surface area contributed by atoms with Gasteiger partial charge in [0, 0.05) is 18.7 Å². The minimum Gasteiger partial charge on any atom is -0.397 e. The Balaban J connectivity index is 3.14. The van der Waals surface area contributed by atoms with Gasteiger partial charge in [0.15, 0.2) is 0 Å². The third-order valence-corrected chi connectivity index (χ3v) is 5.09. The largest absolute Gasteiger partial charge is 0.397 e. The number of rotatable bonds is 8. The zero-order valence-electron chi connectivity index (χ0n) is 12.8. The molecule has 21 heavy (non-hydrogen) atoms. The van der Waals surface area contributed by atoms with Gasteiger partial charge < -0.3 is 16.2 Å². The second-order valence-corrected chi connectivity index (χ2v) is 7.03. The van der Waals surface area contributed by atoms with Crippen LogP contribution in [-0.4, -0.2) is 32.2 Å². The lowest BCUT2D eigenvalue weighted by atomic mass is 9.94. The molecular formula is C14H25N3O3S. The van der Waals surface area contributed by atoms with Gasteiger partial charge in [-0.3, -0.25) is 0 Å². The van der Waals surface area contributed by atoms with Crippen molar-refractivity contribution in [1.82, 2.24) is 4.72 Å². The molecular weight excluding hydrogens is 290 g/mol. The van der Waals surface area contributed by atoms with Gasteiger partial charge in [0.25, 0.3) is 0 Å². The van der Waals surface area contributed by atoms with Crippen molar-refractivity contribution in [1.29, 1.82) is 0 Å². The molecule has 0 spiro atoms. The number of sulfonamides is 1. The minimum absolute atomic E-state index is 0.0482. The highest BCUT2D eigenvalue weighted by Crippen LogP contribution is 2.28. The van der Waals surface area contributed by atoms with Gasteiger partial charge in [-0.25, -0.2) is 13.1 Å². The molecule has 1 unspecified atom stereocenters. The van der Waals surface area contributed by atoms with Crippen LogP contribution in [-0.2, 0) is 10.0 Å². The summed E-state index contributed by atoms with van der Waals surface area (Å²) in [6.45, 7) is 6.06. The topological polar surface area (TPSA) is 104 Å². The van der Waals surface area contributed by atoms with Crippen LogP contribution >= 0.6 is 0 Å². The number of benzene rings is 1. The third kappa shape index (κ3) is 4.59. The van der Waals surface area contributed by atoms with Gasteiger partial charge in [0.05, 0.1) is 16.3 Å². The van der Waals surface area contributed by atoms with Crippen molar-refractivity contribution < 1.29 is 13.5 Å². The van der Waals surface area contributed by atoms with Crippen molar-refractivity contribution in [2.75, 3.05) is 24.2 Å². The van der Waals surface area contributed by atoms with Gasteiger partial charge in [0.2, 0.25) is 10.0 Å². The zero-order valence-corrected chi connectivity index (χ0v) is 13.6. The maximum atomic E-state index is 12.0. The molecule has 0 saturated heterocycles. The zero-order chi connectivity index (χ0) is 16.1. The van der Waals surface area contributed by atoms with Crippen LogP contribution in [0.5, 0.6) is 0 Å². The molecule has 0 saturated carbocycles. The Kier molecular flexibility index (Phi) is 6.00. The van der Waals surface area contributed by atoms with E-state index >= 15 is 0 Å². The fourth-order valence-corrected chi connectivity index (χ4v) is 3.05. The maximum absolute atomic E-state index is 12.0. The molecule has 0 aliphatic rings. The van der Waals surface area contributed by atoms with Crippen LogP contribution in [0.25, 0.3) is 0 Å². The van der Waals surface area contributed by atoms with E-state index in [0.717, 1.165) is 6.42 Å².